The number of nitrogens with one attached hydrogen (secondary N) is 1. The highest BCUT2D eigenvalue weighted by atomic mass is 32.2. The van der Waals surface area contributed by atoms with Crippen LogP contribution in [0.15, 0.2) is 53.4 Å². The van der Waals surface area contributed by atoms with Crippen molar-refractivity contribution in [3.63, 3.8) is 0 Å². The van der Waals surface area contributed by atoms with Gasteiger partial charge in [-0.15, -0.1) is 0 Å². The Balaban J connectivity index is 1.29. The van der Waals surface area contributed by atoms with E-state index in [2.05, 4.69) is 5.32 Å². The van der Waals surface area contributed by atoms with E-state index in [9.17, 15) is 18.0 Å². The van der Waals surface area contributed by atoms with Gasteiger partial charge in [0.2, 0.25) is 10.0 Å². The first-order valence-electron chi connectivity index (χ1n) is 11.2. The monoisotopic (exact) mass is 472 g/mol. The highest BCUT2D eigenvalue weighted by molar-refractivity contribution is 7.89. The number of ether oxygens (including phenoxy) is 2. The smallest absolute Gasteiger partial charge is 0.316 e. The lowest BCUT2D eigenvalue weighted by atomic mass is 9.96. The maximum atomic E-state index is 12.6. The molecule has 1 saturated heterocycles. The Kier molecular flexibility index (Phi) is 6.71. The molecule has 1 aliphatic carbocycles. The van der Waals surface area contributed by atoms with E-state index in [1.54, 1.807) is 31.2 Å². The Morgan fingerprint density at radius 3 is 2.21 bits per heavy atom. The van der Waals surface area contributed by atoms with E-state index >= 15 is 0 Å². The van der Waals surface area contributed by atoms with E-state index in [4.69, 9.17) is 9.47 Å². The third kappa shape index (κ3) is 5.04. The molecule has 1 heterocycles. The van der Waals surface area contributed by atoms with Gasteiger partial charge in [-0.3, -0.25) is 9.59 Å². The molecule has 0 aromatic heterocycles. The van der Waals surface area contributed by atoms with Gasteiger partial charge in [-0.25, -0.2) is 8.42 Å². The topological polar surface area (TPSA) is 102 Å². The fraction of sp³-hybridized carbons (Fsp3) is 0.417. The van der Waals surface area contributed by atoms with E-state index in [0.717, 1.165) is 31.2 Å². The van der Waals surface area contributed by atoms with Crippen molar-refractivity contribution in [2.75, 3.05) is 31.6 Å². The van der Waals surface area contributed by atoms with Crippen molar-refractivity contribution in [1.29, 1.82) is 0 Å². The molecule has 2 aromatic rings. The Labute approximate surface area is 193 Å². The molecule has 9 heteroatoms. The van der Waals surface area contributed by atoms with E-state index < -0.39 is 15.4 Å². The quantitative estimate of drug-likeness (QED) is 0.563. The molecule has 1 aliphatic heterocycles. The molecule has 0 radical (unpaired) electrons. The van der Waals surface area contributed by atoms with Crippen LogP contribution in [0, 0.1) is 0 Å². The Hall–Kier alpha value is -2.91. The summed E-state index contributed by atoms with van der Waals surface area (Å²) in [5.41, 5.74) is 0.939. The first-order chi connectivity index (χ1) is 15.8. The molecule has 2 aromatic carbocycles. The zero-order chi connectivity index (χ0) is 23.5. The number of esters is 1. The number of hydrogen-bond donors (Lipinski definition) is 1. The van der Waals surface area contributed by atoms with Gasteiger partial charge in [0.1, 0.15) is 5.75 Å². The van der Waals surface area contributed by atoms with Gasteiger partial charge < -0.3 is 14.8 Å². The zero-order valence-corrected chi connectivity index (χ0v) is 19.4. The third-order valence-corrected chi connectivity index (χ3v) is 7.95. The number of sulfonamides is 1. The van der Waals surface area contributed by atoms with Gasteiger partial charge in [0.15, 0.2) is 6.61 Å². The van der Waals surface area contributed by atoms with Crippen LogP contribution < -0.4 is 10.1 Å². The number of carbonyl (C=O) groups excluding carboxylic acids is 2. The predicted molar refractivity (Wildman–Crippen MR) is 123 cm³/mol. The molecule has 1 saturated carbocycles. The molecule has 0 unspecified atom stereocenters. The van der Waals surface area contributed by atoms with Crippen LogP contribution in [-0.4, -0.2) is 50.9 Å². The molecular formula is C24H28N2O6S. The van der Waals surface area contributed by atoms with Crippen molar-refractivity contribution in [1.82, 2.24) is 4.31 Å². The summed E-state index contributed by atoms with van der Waals surface area (Å²) in [5.74, 6) is -0.136. The molecule has 33 heavy (non-hydrogen) atoms. The summed E-state index contributed by atoms with van der Waals surface area (Å²) >= 11 is 0. The molecule has 0 bridgehead atoms. The normalized spacial score (nSPS) is 17.4. The van der Waals surface area contributed by atoms with Crippen molar-refractivity contribution < 1.29 is 27.5 Å². The fourth-order valence-electron chi connectivity index (χ4n) is 4.01. The Bertz CT molecular complexity index is 1100. The summed E-state index contributed by atoms with van der Waals surface area (Å²) < 4.78 is 37.3. The molecule has 0 atom stereocenters. The zero-order valence-electron chi connectivity index (χ0n) is 18.6. The highest BCUT2D eigenvalue weighted by Gasteiger charge is 2.52. The standard InChI is InChI=1S/C24H28N2O6S/c1-2-31-23(28)24(13-14-24)18-5-7-19(8-6-18)25-22(27)17-32-20-9-11-21(12-10-20)33(29,30)26-15-3-4-16-26/h5-12H,2-4,13-17H2,1H3,(H,25,27). The average Bonchev–Trinajstić information content (AvgIpc) is 3.43. The Morgan fingerprint density at radius 2 is 1.64 bits per heavy atom. The van der Waals surface area contributed by atoms with Crippen LogP contribution in [0.5, 0.6) is 5.75 Å². The van der Waals surface area contributed by atoms with Gasteiger partial charge in [0, 0.05) is 18.8 Å². The van der Waals surface area contributed by atoms with Gasteiger partial charge in [0.05, 0.1) is 16.9 Å². The SMILES string of the molecule is CCOC(=O)C1(c2ccc(NC(=O)COc3ccc(S(=O)(=O)N4CCCC4)cc3)cc2)CC1. The van der Waals surface area contributed by atoms with Crippen LogP contribution in [0.25, 0.3) is 0 Å². The maximum absolute atomic E-state index is 12.6. The number of nitrogens with zero attached hydrogens (tertiary/aromatic N) is 1. The first-order valence-corrected chi connectivity index (χ1v) is 12.6. The number of hydrogen-bond acceptors (Lipinski definition) is 6. The van der Waals surface area contributed by atoms with Gasteiger partial charge >= 0.3 is 5.97 Å². The van der Waals surface area contributed by atoms with E-state index in [-0.39, 0.29) is 23.4 Å². The number of benzene rings is 2. The molecule has 176 valence electrons. The lowest BCUT2D eigenvalue weighted by Gasteiger charge is -2.16. The minimum Gasteiger partial charge on any atom is -0.484 e. The third-order valence-electron chi connectivity index (χ3n) is 6.03. The summed E-state index contributed by atoms with van der Waals surface area (Å²) in [6.07, 6.45) is 3.29. The van der Waals surface area contributed by atoms with Crippen LogP contribution in [0.4, 0.5) is 5.69 Å². The van der Waals surface area contributed by atoms with Crippen molar-refractivity contribution in [2.45, 2.75) is 42.9 Å². The summed E-state index contributed by atoms with van der Waals surface area (Å²) in [7, 11) is -3.48. The van der Waals surface area contributed by atoms with Crippen LogP contribution in [0.2, 0.25) is 0 Å². The number of amides is 1. The molecular weight excluding hydrogens is 444 g/mol. The van der Waals surface area contributed by atoms with Crippen LogP contribution >= 0.6 is 0 Å². The minimum atomic E-state index is -3.48. The van der Waals surface area contributed by atoms with E-state index in [1.807, 2.05) is 12.1 Å². The molecule has 1 amide bonds. The predicted octanol–water partition coefficient (Wildman–Crippen LogP) is 3.08. The second-order valence-corrected chi connectivity index (χ2v) is 10.2. The average molecular weight is 473 g/mol. The van der Waals surface area contributed by atoms with Crippen molar-refractivity contribution in [2.24, 2.45) is 0 Å². The summed E-state index contributed by atoms with van der Waals surface area (Å²) in [6.45, 7) is 3.02. The minimum absolute atomic E-state index is 0.200. The van der Waals surface area contributed by atoms with Crippen LogP contribution in [0.3, 0.4) is 0 Å². The van der Waals surface area contributed by atoms with E-state index in [0.29, 0.717) is 31.1 Å². The number of rotatable bonds is 9. The lowest BCUT2D eigenvalue weighted by Crippen LogP contribution is -2.27. The van der Waals surface area contributed by atoms with Crippen molar-refractivity contribution >= 4 is 27.6 Å². The summed E-state index contributed by atoms with van der Waals surface area (Å²) in [6, 6.07) is 13.3. The van der Waals surface area contributed by atoms with Crippen molar-refractivity contribution in [3.8, 4) is 5.75 Å². The van der Waals surface area contributed by atoms with Gasteiger partial charge in [-0.2, -0.15) is 4.31 Å². The molecule has 1 N–H and O–H groups in total. The van der Waals surface area contributed by atoms with Gasteiger partial charge in [-0.1, -0.05) is 12.1 Å². The molecule has 2 aliphatic rings. The number of carbonyl (C=O) groups is 2. The second-order valence-electron chi connectivity index (χ2n) is 8.30. The summed E-state index contributed by atoms with van der Waals surface area (Å²) in [5, 5.41) is 2.76. The number of anilines is 1. The maximum Gasteiger partial charge on any atom is 0.316 e. The van der Waals surface area contributed by atoms with Gasteiger partial charge in [0.25, 0.3) is 5.91 Å². The first kappa shape index (κ1) is 23.3. The van der Waals surface area contributed by atoms with Crippen molar-refractivity contribution in [3.05, 3.63) is 54.1 Å². The fourth-order valence-corrected chi connectivity index (χ4v) is 5.53. The second kappa shape index (κ2) is 9.52. The van der Waals surface area contributed by atoms with Crippen LogP contribution in [0.1, 0.15) is 38.2 Å². The largest absolute Gasteiger partial charge is 0.484 e. The molecule has 4 rings (SSSR count). The molecule has 2 fully saturated rings. The molecule has 0 spiro atoms. The van der Waals surface area contributed by atoms with Crippen LogP contribution in [-0.2, 0) is 29.8 Å². The highest BCUT2D eigenvalue weighted by Crippen LogP contribution is 2.49. The lowest BCUT2D eigenvalue weighted by molar-refractivity contribution is -0.146. The van der Waals surface area contributed by atoms with E-state index in [1.165, 1.54) is 16.4 Å². The molecule has 8 nitrogen and oxygen atoms in total. The summed E-state index contributed by atoms with van der Waals surface area (Å²) in [4.78, 5) is 24.7. The van der Waals surface area contributed by atoms with Gasteiger partial charge in [-0.05, 0) is 74.6 Å². The Morgan fingerprint density at radius 1 is 1.00 bits per heavy atom.